The van der Waals surface area contributed by atoms with Gasteiger partial charge in [0.25, 0.3) is 17.7 Å². The number of hydrogen-bond donors (Lipinski definition) is 1. The number of imide groups is 1. The van der Waals surface area contributed by atoms with Crippen LogP contribution in [0, 0.1) is 13.8 Å². The second-order valence-electron chi connectivity index (χ2n) is 6.93. The molecule has 1 aliphatic heterocycles. The molecule has 0 aliphatic carbocycles. The fourth-order valence-electron chi connectivity index (χ4n) is 3.33. The quantitative estimate of drug-likeness (QED) is 0.624. The molecule has 6 heteroatoms. The van der Waals surface area contributed by atoms with Crippen molar-refractivity contribution in [2.45, 2.75) is 13.8 Å². The largest absolute Gasteiger partial charge is 0.321 e. The topological polar surface area (TPSA) is 66.5 Å². The van der Waals surface area contributed by atoms with Crippen LogP contribution in [0.3, 0.4) is 0 Å². The molecule has 3 aromatic carbocycles. The first-order valence-corrected chi connectivity index (χ1v) is 9.40. The first-order chi connectivity index (χ1) is 13.9. The highest BCUT2D eigenvalue weighted by Gasteiger charge is 2.37. The number of carbonyl (C=O) groups excluding carboxylic acids is 3. The Hall–Kier alpha value is -3.44. The molecule has 3 amide bonds. The second-order valence-corrected chi connectivity index (χ2v) is 7.34. The number of fused-ring (bicyclic) bond motifs is 1. The first-order valence-electron chi connectivity index (χ1n) is 9.03. The van der Waals surface area contributed by atoms with Gasteiger partial charge in [0, 0.05) is 5.56 Å². The Labute approximate surface area is 172 Å². The molecule has 0 aromatic heterocycles. The molecule has 29 heavy (non-hydrogen) atoms. The summed E-state index contributed by atoms with van der Waals surface area (Å²) in [5.74, 6) is -1.25. The minimum Gasteiger partial charge on any atom is -0.321 e. The van der Waals surface area contributed by atoms with E-state index in [1.165, 1.54) is 18.2 Å². The molecule has 3 aromatic rings. The molecule has 0 fully saturated rings. The molecular weight excluding hydrogens is 388 g/mol. The van der Waals surface area contributed by atoms with Crippen molar-refractivity contribution in [1.82, 2.24) is 0 Å². The summed E-state index contributed by atoms with van der Waals surface area (Å²) in [6.45, 7) is 3.74. The highest BCUT2D eigenvalue weighted by atomic mass is 35.5. The number of carbonyl (C=O) groups is 3. The van der Waals surface area contributed by atoms with Gasteiger partial charge in [-0.1, -0.05) is 35.9 Å². The maximum atomic E-state index is 12.9. The van der Waals surface area contributed by atoms with E-state index in [-0.39, 0.29) is 16.7 Å². The van der Waals surface area contributed by atoms with Crippen molar-refractivity contribution in [3.8, 4) is 0 Å². The minimum absolute atomic E-state index is 0.209. The van der Waals surface area contributed by atoms with Crippen LogP contribution in [0.15, 0.2) is 60.7 Å². The van der Waals surface area contributed by atoms with E-state index in [1.54, 1.807) is 24.3 Å². The molecule has 0 bridgehead atoms. The van der Waals surface area contributed by atoms with Crippen LogP contribution in [0.25, 0.3) is 0 Å². The summed E-state index contributed by atoms with van der Waals surface area (Å²) in [6, 6.07) is 17.0. The van der Waals surface area contributed by atoms with Gasteiger partial charge in [0.2, 0.25) is 0 Å². The van der Waals surface area contributed by atoms with Crippen molar-refractivity contribution in [2.75, 3.05) is 10.2 Å². The van der Waals surface area contributed by atoms with Crippen LogP contribution in [0.5, 0.6) is 0 Å². The average Bonchev–Trinajstić information content (AvgIpc) is 2.94. The van der Waals surface area contributed by atoms with E-state index < -0.39 is 17.7 Å². The predicted octanol–water partition coefficient (Wildman–Crippen LogP) is 5.01. The highest BCUT2D eigenvalue weighted by Crippen LogP contribution is 2.31. The van der Waals surface area contributed by atoms with Crippen molar-refractivity contribution in [3.63, 3.8) is 0 Å². The average molecular weight is 405 g/mol. The fourth-order valence-corrected chi connectivity index (χ4v) is 3.61. The van der Waals surface area contributed by atoms with Crippen LogP contribution in [0.2, 0.25) is 5.02 Å². The third kappa shape index (κ3) is 3.30. The van der Waals surface area contributed by atoms with Gasteiger partial charge in [0.05, 0.1) is 27.5 Å². The number of nitrogens with zero attached hydrogens (tertiary/aromatic N) is 1. The summed E-state index contributed by atoms with van der Waals surface area (Å²) >= 11 is 6.18. The third-order valence-electron chi connectivity index (χ3n) is 4.88. The number of anilines is 2. The van der Waals surface area contributed by atoms with Crippen molar-refractivity contribution in [2.24, 2.45) is 0 Å². The third-order valence-corrected chi connectivity index (χ3v) is 5.19. The molecule has 1 heterocycles. The van der Waals surface area contributed by atoms with Gasteiger partial charge >= 0.3 is 0 Å². The molecule has 144 valence electrons. The zero-order chi connectivity index (χ0) is 20.7. The summed E-state index contributed by atoms with van der Waals surface area (Å²) in [4.78, 5) is 39.5. The van der Waals surface area contributed by atoms with E-state index in [0.29, 0.717) is 16.4 Å². The van der Waals surface area contributed by atoms with Gasteiger partial charge in [-0.15, -0.1) is 0 Å². The zero-order valence-corrected chi connectivity index (χ0v) is 16.6. The molecule has 0 unspecified atom stereocenters. The van der Waals surface area contributed by atoms with Crippen LogP contribution < -0.4 is 10.2 Å². The lowest BCUT2D eigenvalue weighted by molar-refractivity contribution is 0.0925. The monoisotopic (exact) mass is 404 g/mol. The Morgan fingerprint density at radius 3 is 2.34 bits per heavy atom. The van der Waals surface area contributed by atoms with E-state index in [1.807, 2.05) is 32.0 Å². The van der Waals surface area contributed by atoms with E-state index in [2.05, 4.69) is 5.32 Å². The fraction of sp³-hybridized carbons (Fsp3) is 0.0870. The molecule has 1 N–H and O–H groups in total. The number of para-hydroxylation sites is 1. The van der Waals surface area contributed by atoms with E-state index >= 15 is 0 Å². The Morgan fingerprint density at radius 1 is 0.897 bits per heavy atom. The van der Waals surface area contributed by atoms with E-state index in [9.17, 15) is 14.4 Å². The zero-order valence-electron chi connectivity index (χ0n) is 15.8. The van der Waals surface area contributed by atoms with E-state index in [0.717, 1.165) is 16.0 Å². The first kappa shape index (κ1) is 18.9. The Balaban J connectivity index is 1.65. The molecule has 0 atom stereocenters. The Morgan fingerprint density at radius 2 is 1.62 bits per heavy atom. The number of aryl methyl sites for hydroxylation is 2. The van der Waals surface area contributed by atoms with Crippen LogP contribution in [-0.2, 0) is 0 Å². The van der Waals surface area contributed by atoms with Crippen LogP contribution in [-0.4, -0.2) is 17.7 Å². The van der Waals surface area contributed by atoms with Crippen molar-refractivity contribution < 1.29 is 14.4 Å². The normalized spacial score (nSPS) is 12.9. The van der Waals surface area contributed by atoms with Crippen molar-refractivity contribution >= 4 is 40.7 Å². The maximum Gasteiger partial charge on any atom is 0.266 e. The SMILES string of the molecule is Cc1ccc(NC(=O)c2ccc3c(c2)C(=O)N(c2ccccc2C)C3=O)c(Cl)c1. The lowest BCUT2D eigenvalue weighted by atomic mass is 10.1. The Kier molecular flexibility index (Phi) is 4.68. The second kappa shape index (κ2) is 7.18. The molecule has 0 saturated heterocycles. The molecule has 5 nitrogen and oxygen atoms in total. The van der Waals surface area contributed by atoms with Gasteiger partial charge in [-0.2, -0.15) is 0 Å². The van der Waals surface area contributed by atoms with Gasteiger partial charge in [0.15, 0.2) is 0 Å². The summed E-state index contributed by atoms with van der Waals surface area (Å²) in [7, 11) is 0. The molecule has 0 spiro atoms. The number of rotatable bonds is 3. The van der Waals surface area contributed by atoms with Gasteiger partial charge in [0.1, 0.15) is 0 Å². The number of halogens is 1. The number of benzene rings is 3. The van der Waals surface area contributed by atoms with E-state index in [4.69, 9.17) is 11.6 Å². The molecule has 0 saturated carbocycles. The number of hydrogen-bond acceptors (Lipinski definition) is 3. The molecule has 4 rings (SSSR count). The van der Waals surface area contributed by atoms with Gasteiger partial charge in [-0.3, -0.25) is 14.4 Å². The summed E-state index contributed by atoms with van der Waals surface area (Å²) in [6.07, 6.45) is 0. The van der Waals surface area contributed by atoms with Gasteiger partial charge in [-0.25, -0.2) is 4.90 Å². The maximum absolute atomic E-state index is 12.9. The standard InChI is InChI=1S/C23H17ClN2O3/c1-13-7-10-19(18(24)11-13)25-21(27)15-8-9-16-17(12-15)23(29)26(22(16)28)20-6-4-3-5-14(20)2/h3-12H,1-2H3,(H,25,27). The summed E-state index contributed by atoms with van der Waals surface area (Å²) in [5, 5.41) is 3.17. The van der Waals surface area contributed by atoms with Crippen LogP contribution >= 0.6 is 11.6 Å². The number of nitrogens with one attached hydrogen (secondary N) is 1. The van der Waals surface area contributed by atoms with Crippen LogP contribution in [0.4, 0.5) is 11.4 Å². The Bertz CT molecular complexity index is 1190. The molecule has 0 radical (unpaired) electrons. The smallest absolute Gasteiger partial charge is 0.266 e. The van der Waals surface area contributed by atoms with Crippen LogP contribution in [0.1, 0.15) is 42.2 Å². The van der Waals surface area contributed by atoms with Crippen molar-refractivity contribution in [1.29, 1.82) is 0 Å². The highest BCUT2D eigenvalue weighted by molar-refractivity contribution is 6.35. The van der Waals surface area contributed by atoms with Crippen molar-refractivity contribution in [3.05, 3.63) is 93.5 Å². The minimum atomic E-state index is -0.442. The summed E-state index contributed by atoms with van der Waals surface area (Å²) < 4.78 is 0. The van der Waals surface area contributed by atoms with Gasteiger partial charge in [-0.05, 0) is 61.4 Å². The molecular formula is C23H17ClN2O3. The lowest BCUT2D eigenvalue weighted by Gasteiger charge is -2.16. The van der Waals surface area contributed by atoms with Gasteiger partial charge < -0.3 is 5.32 Å². The predicted molar refractivity (Wildman–Crippen MR) is 113 cm³/mol. The number of amides is 3. The lowest BCUT2D eigenvalue weighted by Crippen LogP contribution is -2.29. The summed E-state index contributed by atoms with van der Waals surface area (Å²) in [5.41, 5.74) is 3.57. The molecule has 1 aliphatic rings.